The van der Waals surface area contributed by atoms with Gasteiger partial charge in [-0.15, -0.1) is 0 Å². The van der Waals surface area contributed by atoms with E-state index in [1.54, 1.807) is 21.1 Å². The molecule has 6 atom stereocenters. The molecule has 0 aromatic rings. The van der Waals surface area contributed by atoms with Crippen molar-refractivity contribution in [3.8, 4) is 0 Å². The maximum absolute atomic E-state index is 12.5. The zero-order chi connectivity index (χ0) is 19.1. The molecule has 3 aliphatic rings. The molecule has 1 heterocycles. The van der Waals surface area contributed by atoms with Gasteiger partial charge in [-0.1, -0.05) is 6.92 Å². The first-order chi connectivity index (χ1) is 12.3. The number of fused-ring (bicyclic) bond motifs is 3. The van der Waals surface area contributed by atoms with Gasteiger partial charge in [0.05, 0.1) is 11.7 Å². The Morgan fingerprint density at radius 3 is 2.54 bits per heavy atom. The second kappa shape index (κ2) is 7.38. The topological polar surface area (TPSA) is 80.3 Å². The molecule has 26 heavy (non-hydrogen) atoms. The maximum Gasteiger partial charge on any atom is 0.334 e. The Labute approximate surface area is 153 Å². The minimum Gasteiger partial charge on any atom is -0.454 e. The largest absolute Gasteiger partial charge is 0.454 e. The summed E-state index contributed by atoms with van der Waals surface area (Å²) < 4.78 is 28.0. The van der Waals surface area contributed by atoms with Gasteiger partial charge in [-0.05, 0) is 13.8 Å². The number of rotatable bonds is 6. The van der Waals surface area contributed by atoms with Crippen molar-refractivity contribution in [3.05, 3.63) is 11.1 Å². The summed E-state index contributed by atoms with van der Waals surface area (Å²) in [5.41, 5.74) is 0.759. The first kappa shape index (κ1) is 19.5. The molecule has 0 amide bonds. The highest BCUT2D eigenvalue weighted by atomic mass is 16.7. The number of esters is 1. The van der Waals surface area contributed by atoms with Gasteiger partial charge in [-0.2, -0.15) is 0 Å². The van der Waals surface area contributed by atoms with E-state index in [1.807, 2.05) is 13.8 Å². The number of carbonyl (C=O) groups is 2. The van der Waals surface area contributed by atoms with Gasteiger partial charge in [0.1, 0.15) is 25.5 Å². The number of hydrogen-bond donors (Lipinski definition) is 0. The van der Waals surface area contributed by atoms with E-state index in [0.717, 1.165) is 5.57 Å². The first-order valence-electron chi connectivity index (χ1n) is 9.01. The molecule has 2 aliphatic carbocycles. The Bertz CT molecular complexity index is 613. The molecule has 146 valence electrons. The van der Waals surface area contributed by atoms with Gasteiger partial charge in [-0.25, -0.2) is 4.79 Å². The molecule has 0 spiro atoms. The lowest BCUT2D eigenvalue weighted by Crippen LogP contribution is -2.43. The molecule has 0 unspecified atom stereocenters. The maximum atomic E-state index is 12.5. The number of ketones is 1. The number of carbonyl (C=O) groups excluding carboxylic acids is 2. The smallest absolute Gasteiger partial charge is 0.334 e. The van der Waals surface area contributed by atoms with E-state index < -0.39 is 11.7 Å². The van der Waals surface area contributed by atoms with Crippen LogP contribution in [-0.4, -0.2) is 57.4 Å². The third-order valence-corrected chi connectivity index (χ3v) is 6.22. The molecule has 2 saturated carbocycles. The molecule has 0 N–H and O–H groups in total. The summed E-state index contributed by atoms with van der Waals surface area (Å²) in [6.45, 7) is 5.90. The summed E-state index contributed by atoms with van der Waals surface area (Å²) in [6.07, 6.45) is 0.0781. The van der Waals surface area contributed by atoms with Crippen LogP contribution in [0.5, 0.6) is 0 Å². The van der Waals surface area contributed by atoms with Crippen molar-refractivity contribution < 1.29 is 33.3 Å². The van der Waals surface area contributed by atoms with Crippen LogP contribution in [0.2, 0.25) is 0 Å². The fourth-order valence-electron chi connectivity index (χ4n) is 4.79. The molecule has 0 bridgehead atoms. The second-order valence-corrected chi connectivity index (χ2v) is 7.68. The predicted molar refractivity (Wildman–Crippen MR) is 91.1 cm³/mol. The molecule has 7 nitrogen and oxygen atoms in total. The Morgan fingerprint density at radius 2 is 1.88 bits per heavy atom. The van der Waals surface area contributed by atoms with Crippen molar-refractivity contribution in [2.24, 2.45) is 17.8 Å². The highest BCUT2D eigenvalue weighted by Gasteiger charge is 2.59. The van der Waals surface area contributed by atoms with Crippen LogP contribution in [0.4, 0.5) is 0 Å². The molecule has 1 aliphatic heterocycles. The summed E-state index contributed by atoms with van der Waals surface area (Å²) in [6, 6.07) is 0. The highest BCUT2D eigenvalue weighted by molar-refractivity contribution is 5.92. The van der Waals surface area contributed by atoms with E-state index in [9.17, 15) is 9.59 Å². The molecule has 7 heteroatoms. The van der Waals surface area contributed by atoms with Gasteiger partial charge in [0.25, 0.3) is 0 Å². The van der Waals surface area contributed by atoms with Gasteiger partial charge in [0.15, 0.2) is 0 Å². The van der Waals surface area contributed by atoms with E-state index >= 15 is 0 Å². The molecule has 0 aromatic carbocycles. The normalized spacial score (nSPS) is 39.7. The zero-order valence-electron chi connectivity index (χ0n) is 16.1. The quantitative estimate of drug-likeness (QED) is 0.523. The van der Waals surface area contributed by atoms with Crippen molar-refractivity contribution in [1.29, 1.82) is 0 Å². The van der Waals surface area contributed by atoms with E-state index in [4.69, 9.17) is 23.7 Å². The van der Waals surface area contributed by atoms with Gasteiger partial charge in [0.2, 0.25) is 0 Å². The fourth-order valence-corrected chi connectivity index (χ4v) is 4.79. The van der Waals surface area contributed by atoms with E-state index in [0.29, 0.717) is 18.4 Å². The number of Topliss-reactive ketones (excluding diaryl/α,β-unsaturated/α-hetero) is 1. The molecular formula is C19H28O7. The molecule has 0 saturated heterocycles. The molecule has 2 fully saturated rings. The average Bonchev–Trinajstić information content (AvgIpc) is 3.03. The average molecular weight is 368 g/mol. The monoisotopic (exact) mass is 368 g/mol. The Kier molecular flexibility index (Phi) is 5.53. The van der Waals surface area contributed by atoms with Gasteiger partial charge >= 0.3 is 5.97 Å². The number of ether oxygens (including phenoxy) is 5. The lowest BCUT2D eigenvalue weighted by Gasteiger charge is -2.38. The van der Waals surface area contributed by atoms with Crippen LogP contribution in [0.15, 0.2) is 11.1 Å². The predicted octanol–water partition coefficient (Wildman–Crippen LogP) is 1.84. The van der Waals surface area contributed by atoms with E-state index in [1.165, 1.54) is 0 Å². The minimum atomic E-state index is -0.635. The standard InChI is InChI=1S/C19H28O7/c1-10-13(20)6-12-15(10)17-16(11(2)18(21)26-17)14(24-8-22-4)7-19(12,3)25-9-23-5/h10,12,14-15,17H,6-9H2,1-5H3/t10-,12-,14-,15+,17-,19-/m0/s1. The number of methoxy groups -OCH3 is 2. The van der Waals surface area contributed by atoms with Gasteiger partial charge in [0, 0.05) is 56.0 Å². The van der Waals surface area contributed by atoms with Gasteiger partial charge < -0.3 is 23.7 Å². The number of hydrogen-bond acceptors (Lipinski definition) is 7. The SMILES string of the molecule is COCO[C@H]1C[C@](C)(OCOC)[C@H]2CC(=O)[C@H](C)[C@H]2[C@@H]2OC(=O)C(C)=C12. The third kappa shape index (κ3) is 3.11. The van der Waals surface area contributed by atoms with Crippen LogP contribution in [-0.2, 0) is 33.3 Å². The van der Waals surface area contributed by atoms with Crippen LogP contribution < -0.4 is 0 Å². The third-order valence-electron chi connectivity index (χ3n) is 6.22. The van der Waals surface area contributed by atoms with Crippen molar-refractivity contribution in [1.82, 2.24) is 0 Å². The summed E-state index contributed by atoms with van der Waals surface area (Å²) in [5, 5.41) is 0. The Balaban J connectivity index is 2.06. The second-order valence-electron chi connectivity index (χ2n) is 7.68. The summed E-state index contributed by atoms with van der Waals surface area (Å²) in [7, 11) is 3.13. The Hall–Kier alpha value is -1.28. The van der Waals surface area contributed by atoms with Gasteiger partial charge in [-0.3, -0.25) is 4.79 Å². The summed E-state index contributed by atoms with van der Waals surface area (Å²) >= 11 is 0. The minimum absolute atomic E-state index is 0.0741. The summed E-state index contributed by atoms with van der Waals surface area (Å²) in [4.78, 5) is 24.8. The van der Waals surface area contributed by atoms with Crippen molar-refractivity contribution in [3.63, 3.8) is 0 Å². The lowest BCUT2D eigenvalue weighted by atomic mass is 9.77. The molecule has 0 radical (unpaired) electrons. The first-order valence-corrected chi connectivity index (χ1v) is 9.01. The van der Waals surface area contributed by atoms with E-state index in [2.05, 4.69) is 0 Å². The van der Waals surface area contributed by atoms with Crippen molar-refractivity contribution in [2.75, 3.05) is 27.8 Å². The highest BCUT2D eigenvalue weighted by Crippen LogP contribution is 2.53. The van der Waals surface area contributed by atoms with Crippen LogP contribution in [0.25, 0.3) is 0 Å². The van der Waals surface area contributed by atoms with Crippen molar-refractivity contribution in [2.45, 2.75) is 51.4 Å². The van der Waals surface area contributed by atoms with Crippen LogP contribution >= 0.6 is 0 Å². The summed E-state index contributed by atoms with van der Waals surface area (Å²) in [5.74, 6) is -0.552. The van der Waals surface area contributed by atoms with Crippen LogP contribution in [0, 0.1) is 17.8 Å². The zero-order valence-corrected chi connectivity index (χ0v) is 16.1. The molecule has 3 rings (SSSR count). The molecule has 0 aromatic heterocycles. The Morgan fingerprint density at radius 1 is 1.19 bits per heavy atom. The van der Waals surface area contributed by atoms with Crippen LogP contribution in [0.1, 0.15) is 33.6 Å². The molecular weight excluding hydrogens is 340 g/mol. The fraction of sp³-hybridized carbons (Fsp3) is 0.789. The van der Waals surface area contributed by atoms with Crippen LogP contribution in [0.3, 0.4) is 0 Å². The van der Waals surface area contributed by atoms with E-state index in [-0.39, 0.29) is 49.2 Å². The van der Waals surface area contributed by atoms with Crippen molar-refractivity contribution >= 4 is 11.8 Å². The lowest BCUT2D eigenvalue weighted by molar-refractivity contribution is -0.174.